The lowest BCUT2D eigenvalue weighted by molar-refractivity contribution is -0.121. The molecule has 4 nitrogen and oxygen atoms in total. The fourth-order valence-electron chi connectivity index (χ4n) is 1.44. The number of nitrogens with zero attached hydrogens (tertiary/aromatic N) is 1. The van der Waals surface area contributed by atoms with Gasteiger partial charge in [-0.15, -0.1) is 0 Å². The summed E-state index contributed by atoms with van der Waals surface area (Å²) < 4.78 is 2.01. The Bertz CT molecular complexity index is 344. The smallest absolute Gasteiger partial charge is 0.222 e. The van der Waals surface area contributed by atoms with Gasteiger partial charge in [-0.25, -0.2) is 0 Å². The van der Waals surface area contributed by atoms with Crippen molar-refractivity contribution in [3.05, 3.63) is 24.0 Å². The molecule has 0 saturated carbocycles. The van der Waals surface area contributed by atoms with E-state index in [1.54, 1.807) is 0 Å². The van der Waals surface area contributed by atoms with Gasteiger partial charge >= 0.3 is 0 Å². The lowest BCUT2D eigenvalue weighted by Gasteiger charge is -2.08. The zero-order chi connectivity index (χ0) is 12.1. The van der Waals surface area contributed by atoms with E-state index in [0.29, 0.717) is 12.6 Å². The first-order valence-corrected chi connectivity index (χ1v) is 5.66. The number of nitrogens with two attached hydrogens (primary N) is 1. The topological polar surface area (TPSA) is 60.1 Å². The molecule has 0 saturated heterocycles. The third-order valence-corrected chi connectivity index (χ3v) is 2.50. The molecule has 90 valence electrons. The zero-order valence-electron chi connectivity index (χ0n) is 10.2. The van der Waals surface area contributed by atoms with Crippen LogP contribution >= 0.6 is 0 Å². The molecule has 0 fully saturated rings. The molecule has 1 rings (SSSR count). The maximum absolute atomic E-state index is 10.9. The standard InChI is InChI=1S/C12H21N3O/c1-9(2)14-6-11-4-5-15(8-11)7-10(3)12(13)16/h4-5,8-10,14H,6-7H2,1-3H3,(H2,13,16). The molecule has 1 unspecified atom stereocenters. The van der Waals surface area contributed by atoms with Crippen LogP contribution in [0.3, 0.4) is 0 Å². The molecule has 0 bridgehead atoms. The number of hydrogen-bond donors (Lipinski definition) is 2. The molecule has 1 amide bonds. The van der Waals surface area contributed by atoms with Crippen molar-refractivity contribution in [2.24, 2.45) is 11.7 Å². The van der Waals surface area contributed by atoms with E-state index in [1.807, 2.05) is 17.7 Å². The quantitative estimate of drug-likeness (QED) is 0.759. The Morgan fingerprint density at radius 3 is 2.75 bits per heavy atom. The number of carbonyl (C=O) groups excluding carboxylic acids is 1. The van der Waals surface area contributed by atoms with Crippen LogP contribution in [0.1, 0.15) is 26.3 Å². The van der Waals surface area contributed by atoms with Gasteiger partial charge in [-0.2, -0.15) is 0 Å². The predicted octanol–water partition coefficient (Wildman–Crippen LogP) is 1.11. The van der Waals surface area contributed by atoms with E-state index >= 15 is 0 Å². The van der Waals surface area contributed by atoms with Gasteiger partial charge in [0.25, 0.3) is 0 Å². The molecule has 0 aromatic carbocycles. The molecular weight excluding hydrogens is 202 g/mol. The number of hydrogen-bond acceptors (Lipinski definition) is 2. The summed E-state index contributed by atoms with van der Waals surface area (Å²) in [5.74, 6) is -0.381. The molecule has 3 N–H and O–H groups in total. The molecule has 1 heterocycles. The second kappa shape index (κ2) is 5.70. The van der Waals surface area contributed by atoms with Crippen molar-refractivity contribution in [3.63, 3.8) is 0 Å². The van der Waals surface area contributed by atoms with Crippen LogP contribution in [-0.2, 0) is 17.9 Å². The van der Waals surface area contributed by atoms with Gasteiger partial charge in [0.05, 0.1) is 5.92 Å². The van der Waals surface area contributed by atoms with Crippen molar-refractivity contribution in [1.82, 2.24) is 9.88 Å². The van der Waals surface area contributed by atoms with Crippen molar-refractivity contribution in [1.29, 1.82) is 0 Å². The number of nitrogens with one attached hydrogen (secondary N) is 1. The van der Waals surface area contributed by atoms with Gasteiger partial charge in [-0.05, 0) is 11.6 Å². The number of carbonyl (C=O) groups is 1. The Hall–Kier alpha value is -1.29. The van der Waals surface area contributed by atoms with Gasteiger partial charge < -0.3 is 15.6 Å². The summed E-state index contributed by atoms with van der Waals surface area (Å²) >= 11 is 0. The lowest BCUT2D eigenvalue weighted by atomic mass is 10.2. The van der Waals surface area contributed by atoms with Crippen molar-refractivity contribution in [3.8, 4) is 0 Å². The lowest BCUT2D eigenvalue weighted by Crippen LogP contribution is -2.24. The van der Waals surface area contributed by atoms with Crippen molar-refractivity contribution < 1.29 is 4.79 Å². The first-order valence-electron chi connectivity index (χ1n) is 5.66. The maximum atomic E-state index is 10.9. The van der Waals surface area contributed by atoms with E-state index in [9.17, 15) is 4.79 Å². The SMILES string of the molecule is CC(C)NCc1ccn(CC(C)C(N)=O)c1. The van der Waals surface area contributed by atoms with Gasteiger partial charge in [0.15, 0.2) is 0 Å². The van der Waals surface area contributed by atoms with Gasteiger partial charge in [-0.3, -0.25) is 4.79 Å². The second-order valence-electron chi connectivity index (χ2n) is 4.56. The average Bonchev–Trinajstić information content (AvgIpc) is 2.62. The first kappa shape index (κ1) is 12.8. The van der Waals surface area contributed by atoms with Crippen LogP contribution in [0.25, 0.3) is 0 Å². The first-order chi connectivity index (χ1) is 7.49. The number of primary amides is 1. The molecule has 1 atom stereocenters. The van der Waals surface area contributed by atoms with E-state index < -0.39 is 0 Å². The Morgan fingerprint density at radius 2 is 2.19 bits per heavy atom. The van der Waals surface area contributed by atoms with Crippen LogP contribution in [0.4, 0.5) is 0 Å². The molecule has 16 heavy (non-hydrogen) atoms. The molecule has 0 spiro atoms. The van der Waals surface area contributed by atoms with E-state index in [2.05, 4.69) is 31.4 Å². The maximum Gasteiger partial charge on any atom is 0.222 e. The highest BCUT2D eigenvalue weighted by Gasteiger charge is 2.09. The predicted molar refractivity (Wildman–Crippen MR) is 64.8 cm³/mol. The van der Waals surface area contributed by atoms with Gasteiger partial charge in [-0.1, -0.05) is 20.8 Å². The minimum Gasteiger partial charge on any atom is -0.369 e. The van der Waals surface area contributed by atoms with E-state index in [4.69, 9.17) is 5.73 Å². The van der Waals surface area contributed by atoms with Crippen LogP contribution in [0, 0.1) is 5.92 Å². The minimum absolute atomic E-state index is 0.127. The molecule has 0 aliphatic rings. The number of amides is 1. The third kappa shape index (κ3) is 4.06. The summed E-state index contributed by atoms with van der Waals surface area (Å²) in [6.07, 6.45) is 4.03. The zero-order valence-corrected chi connectivity index (χ0v) is 10.2. The highest BCUT2D eigenvalue weighted by atomic mass is 16.1. The highest BCUT2D eigenvalue weighted by Crippen LogP contribution is 2.05. The molecular formula is C12H21N3O. The molecule has 4 heteroatoms. The molecule has 0 aliphatic carbocycles. The fourth-order valence-corrected chi connectivity index (χ4v) is 1.44. The minimum atomic E-state index is -0.254. The van der Waals surface area contributed by atoms with Crippen LogP contribution in [0.15, 0.2) is 18.5 Å². The molecule has 0 radical (unpaired) electrons. The number of rotatable bonds is 6. The fraction of sp³-hybridized carbons (Fsp3) is 0.583. The molecule has 1 aromatic heterocycles. The van der Waals surface area contributed by atoms with Crippen LogP contribution in [0.5, 0.6) is 0 Å². The summed E-state index contributed by atoms with van der Waals surface area (Å²) in [6.45, 7) is 7.58. The average molecular weight is 223 g/mol. The Kier molecular flexibility index (Phi) is 4.55. The van der Waals surface area contributed by atoms with Crippen LogP contribution in [0.2, 0.25) is 0 Å². The monoisotopic (exact) mass is 223 g/mol. The van der Waals surface area contributed by atoms with Crippen molar-refractivity contribution in [2.45, 2.75) is 39.9 Å². The summed E-state index contributed by atoms with van der Waals surface area (Å²) in [4.78, 5) is 10.9. The summed E-state index contributed by atoms with van der Waals surface area (Å²) in [5.41, 5.74) is 6.45. The second-order valence-corrected chi connectivity index (χ2v) is 4.56. The third-order valence-electron chi connectivity index (χ3n) is 2.50. The summed E-state index contributed by atoms with van der Waals surface area (Å²) in [7, 11) is 0. The Balaban J connectivity index is 2.48. The van der Waals surface area contributed by atoms with Gasteiger partial charge in [0, 0.05) is 31.5 Å². The largest absolute Gasteiger partial charge is 0.369 e. The number of aromatic nitrogens is 1. The van der Waals surface area contributed by atoms with Crippen LogP contribution in [-0.4, -0.2) is 16.5 Å². The van der Waals surface area contributed by atoms with E-state index in [0.717, 1.165) is 6.54 Å². The Labute approximate surface area is 96.8 Å². The summed E-state index contributed by atoms with van der Waals surface area (Å²) in [5, 5.41) is 3.35. The van der Waals surface area contributed by atoms with E-state index in [1.165, 1.54) is 5.56 Å². The van der Waals surface area contributed by atoms with Crippen molar-refractivity contribution >= 4 is 5.91 Å². The van der Waals surface area contributed by atoms with Crippen LogP contribution < -0.4 is 11.1 Å². The summed E-state index contributed by atoms with van der Waals surface area (Å²) in [6, 6.07) is 2.54. The highest BCUT2D eigenvalue weighted by molar-refractivity contribution is 5.76. The normalized spacial score (nSPS) is 13.0. The van der Waals surface area contributed by atoms with Gasteiger partial charge in [0.2, 0.25) is 5.91 Å². The molecule has 0 aliphatic heterocycles. The Morgan fingerprint density at radius 1 is 1.50 bits per heavy atom. The van der Waals surface area contributed by atoms with Gasteiger partial charge in [0.1, 0.15) is 0 Å². The van der Waals surface area contributed by atoms with Crippen molar-refractivity contribution in [2.75, 3.05) is 0 Å². The van der Waals surface area contributed by atoms with E-state index in [-0.39, 0.29) is 11.8 Å². The molecule has 1 aromatic rings.